The number of carbonyl (C=O) groups excluding carboxylic acids is 1. The van der Waals surface area contributed by atoms with Gasteiger partial charge in [-0.3, -0.25) is 0 Å². The molecule has 0 N–H and O–H groups in total. The molecule has 0 aromatic heterocycles. The molecular formula is C22H25F2NO5S. The van der Waals surface area contributed by atoms with Crippen molar-refractivity contribution in [2.75, 3.05) is 26.0 Å². The summed E-state index contributed by atoms with van der Waals surface area (Å²) < 4.78 is 62.7. The highest BCUT2D eigenvalue weighted by Gasteiger charge is 2.34. The Morgan fingerprint density at radius 1 is 1.06 bits per heavy atom. The number of likely N-dealkylation sites (tertiary alicyclic amines) is 1. The SMILES string of the molecule is CC(C)(C)OC(=O)N1CC(COc2c(F)cc(-c3ccc(S(C)(=O)=O)cc3)cc2F)C1. The van der Waals surface area contributed by atoms with Crippen LogP contribution in [0.2, 0.25) is 0 Å². The first kappa shape index (κ1) is 23.0. The van der Waals surface area contributed by atoms with Gasteiger partial charge >= 0.3 is 6.09 Å². The van der Waals surface area contributed by atoms with E-state index in [0.29, 0.717) is 18.7 Å². The zero-order valence-corrected chi connectivity index (χ0v) is 18.6. The predicted octanol–water partition coefficient (Wildman–Crippen LogP) is 4.28. The fraction of sp³-hybridized carbons (Fsp3) is 0.409. The first-order chi connectivity index (χ1) is 14.3. The van der Waals surface area contributed by atoms with Gasteiger partial charge in [0.05, 0.1) is 11.5 Å². The molecule has 3 rings (SSSR count). The van der Waals surface area contributed by atoms with Gasteiger partial charge in [-0.05, 0) is 56.2 Å². The topological polar surface area (TPSA) is 72.9 Å². The van der Waals surface area contributed by atoms with Crippen molar-refractivity contribution in [1.82, 2.24) is 4.90 Å². The molecule has 9 heteroatoms. The van der Waals surface area contributed by atoms with E-state index in [2.05, 4.69) is 0 Å². The van der Waals surface area contributed by atoms with Crippen LogP contribution in [0.4, 0.5) is 13.6 Å². The first-order valence-electron chi connectivity index (χ1n) is 9.74. The van der Waals surface area contributed by atoms with Crippen molar-refractivity contribution in [2.45, 2.75) is 31.3 Å². The number of hydrogen-bond donors (Lipinski definition) is 0. The Kier molecular flexibility index (Phi) is 6.27. The molecule has 6 nitrogen and oxygen atoms in total. The van der Waals surface area contributed by atoms with Crippen LogP contribution in [0, 0.1) is 17.6 Å². The Balaban J connectivity index is 1.61. The summed E-state index contributed by atoms with van der Waals surface area (Å²) in [7, 11) is -3.36. The summed E-state index contributed by atoms with van der Waals surface area (Å²) in [5.41, 5.74) is 0.156. The van der Waals surface area contributed by atoms with Crippen molar-refractivity contribution in [3.63, 3.8) is 0 Å². The van der Waals surface area contributed by atoms with Crippen molar-refractivity contribution >= 4 is 15.9 Å². The smallest absolute Gasteiger partial charge is 0.410 e. The van der Waals surface area contributed by atoms with Crippen molar-refractivity contribution in [3.05, 3.63) is 48.0 Å². The lowest BCUT2D eigenvalue weighted by molar-refractivity contribution is -0.00831. The number of nitrogens with zero attached hydrogens (tertiary/aromatic N) is 1. The molecule has 0 bridgehead atoms. The van der Waals surface area contributed by atoms with Crippen molar-refractivity contribution in [1.29, 1.82) is 0 Å². The van der Waals surface area contributed by atoms with E-state index in [9.17, 15) is 22.0 Å². The van der Waals surface area contributed by atoms with Crippen molar-refractivity contribution in [2.24, 2.45) is 5.92 Å². The minimum Gasteiger partial charge on any atom is -0.487 e. The summed E-state index contributed by atoms with van der Waals surface area (Å²) in [5.74, 6) is -2.24. The van der Waals surface area contributed by atoms with Gasteiger partial charge in [0.1, 0.15) is 5.60 Å². The fourth-order valence-corrected chi connectivity index (χ4v) is 3.74. The van der Waals surface area contributed by atoms with E-state index in [4.69, 9.17) is 9.47 Å². The fourth-order valence-electron chi connectivity index (χ4n) is 3.11. The van der Waals surface area contributed by atoms with Gasteiger partial charge in [-0.15, -0.1) is 0 Å². The van der Waals surface area contributed by atoms with E-state index in [0.717, 1.165) is 18.4 Å². The Labute approximate surface area is 180 Å². The second kappa shape index (κ2) is 8.45. The first-order valence-corrected chi connectivity index (χ1v) is 11.6. The van der Waals surface area contributed by atoms with Gasteiger partial charge in [0.2, 0.25) is 0 Å². The van der Waals surface area contributed by atoms with Gasteiger partial charge in [0.15, 0.2) is 27.2 Å². The van der Waals surface area contributed by atoms with Crippen LogP contribution in [0.1, 0.15) is 20.8 Å². The van der Waals surface area contributed by atoms with Gasteiger partial charge < -0.3 is 14.4 Å². The second-order valence-electron chi connectivity index (χ2n) is 8.63. The molecule has 2 aromatic carbocycles. The van der Waals surface area contributed by atoms with Crippen LogP contribution >= 0.6 is 0 Å². The summed E-state index contributed by atoms with van der Waals surface area (Å²) in [6.45, 7) is 6.18. The van der Waals surface area contributed by atoms with Crippen LogP contribution in [-0.2, 0) is 14.6 Å². The molecule has 1 aliphatic rings. The maximum absolute atomic E-state index is 14.5. The van der Waals surface area contributed by atoms with E-state index in [1.165, 1.54) is 29.2 Å². The summed E-state index contributed by atoms with van der Waals surface area (Å²) in [4.78, 5) is 13.6. The van der Waals surface area contributed by atoms with Crippen molar-refractivity contribution in [3.8, 4) is 16.9 Å². The molecule has 1 aliphatic heterocycles. The van der Waals surface area contributed by atoms with E-state index >= 15 is 0 Å². The van der Waals surface area contributed by atoms with E-state index in [1.807, 2.05) is 0 Å². The molecule has 0 aliphatic carbocycles. The zero-order valence-electron chi connectivity index (χ0n) is 17.8. The lowest BCUT2D eigenvalue weighted by Crippen LogP contribution is -2.53. The number of halogens is 2. The number of ether oxygens (including phenoxy) is 2. The lowest BCUT2D eigenvalue weighted by Gasteiger charge is -2.39. The molecule has 0 saturated carbocycles. The molecule has 1 heterocycles. The van der Waals surface area contributed by atoms with Crippen LogP contribution < -0.4 is 4.74 Å². The van der Waals surface area contributed by atoms with Crippen LogP contribution in [-0.4, -0.2) is 51.0 Å². The third-order valence-corrected chi connectivity index (χ3v) is 5.81. The largest absolute Gasteiger partial charge is 0.487 e. The molecule has 168 valence electrons. The predicted molar refractivity (Wildman–Crippen MR) is 112 cm³/mol. The van der Waals surface area contributed by atoms with Crippen molar-refractivity contribution < 1.29 is 31.5 Å². The number of rotatable bonds is 5. The number of carbonyl (C=O) groups is 1. The minimum absolute atomic E-state index is 0.0467. The normalized spacial score (nSPS) is 14.8. The summed E-state index contributed by atoms with van der Waals surface area (Å²) in [5, 5.41) is 0. The molecule has 0 radical (unpaired) electrons. The summed E-state index contributed by atoms with van der Waals surface area (Å²) in [6, 6.07) is 8.04. The number of amides is 1. The third kappa shape index (κ3) is 5.72. The minimum atomic E-state index is -3.36. The highest BCUT2D eigenvalue weighted by Crippen LogP contribution is 2.30. The highest BCUT2D eigenvalue weighted by molar-refractivity contribution is 7.90. The van der Waals surface area contributed by atoms with Crippen LogP contribution in [0.15, 0.2) is 41.3 Å². The molecule has 2 aromatic rings. The maximum atomic E-state index is 14.5. The molecule has 1 amide bonds. The average Bonchev–Trinajstić information content (AvgIpc) is 2.60. The Morgan fingerprint density at radius 2 is 1.61 bits per heavy atom. The highest BCUT2D eigenvalue weighted by atomic mass is 32.2. The van der Waals surface area contributed by atoms with E-state index in [-0.39, 0.29) is 23.0 Å². The zero-order chi connectivity index (χ0) is 23.0. The monoisotopic (exact) mass is 453 g/mol. The molecular weight excluding hydrogens is 428 g/mol. The number of hydrogen-bond acceptors (Lipinski definition) is 5. The Bertz CT molecular complexity index is 1050. The number of benzene rings is 2. The standard InChI is InChI=1S/C22H25F2NO5S/c1-22(2,3)30-21(26)25-11-14(12-25)13-29-20-18(23)9-16(10-19(20)24)15-5-7-17(8-6-15)31(4,27)28/h5-10,14H,11-13H2,1-4H3. The van der Waals surface area contributed by atoms with Gasteiger partial charge in [0, 0.05) is 25.3 Å². The maximum Gasteiger partial charge on any atom is 0.410 e. The van der Waals surface area contributed by atoms with Gasteiger partial charge in [-0.2, -0.15) is 0 Å². The summed E-state index contributed by atoms with van der Waals surface area (Å²) >= 11 is 0. The second-order valence-corrected chi connectivity index (χ2v) is 10.6. The Morgan fingerprint density at radius 3 is 2.10 bits per heavy atom. The lowest BCUT2D eigenvalue weighted by atomic mass is 10.0. The van der Waals surface area contributed by atoms with E-state index < -0.39 is 38.9 Å². The van der Waals surface area contributed by atoms with Crippen LogP contribution in [0.3, 0.4) is 0 Å². The number of sulfone groups is 1. The molecule has 1 saturated heterocycles. The quantitative estimate of drug-likeness (QED) is 0.676. The molecule has 31 heavy (non-hydrogen) atoms. The third-order valence-electron chi connectivity index (χ3n) is 4.69. The molecule has 0 unspecified atom stereocenters. The molecule has 0 spiro atoms. The van der Waals surface area contributed by atoms with Crippen LogP contribution in [0.25, 0.3) is 11.1 Å². The summed E-state index contributed by atoms with van der Waals surface area (Å²) in [6.07, 6.45) is 0.662. The van der Waals surface area contributed by atoms with Gasteiger partial charge in [-0.1, -0.05) is 12.1 Å². The molecule has 0 atom stereocenters. The van der Waals surface area contributed by atoms with Gasteiger partial charge in [-0.25, -0.2) is 22.0 Å². The Hall–Kier alpha value is -2.68. The van der Waals surface area contributed by atoms with Crippen LogP contribution in [0.5, 0.6) is 5.75 Å². The molecule has 1 fully saturated rings. The van der Waals surface area contributed by atoms with E-state index in [1.54, 1.807) is 20.8 Å². The van der Waals surface area contributed by atoms with Gasteiger partial charge in [0.25, 0.3) is 0 Å². The average molecular weight is 454 g/mol.